The highest BCUT2D eigenvalue weighted by Gasteiger charge is 2.46. The van der Waals surface area contributed by atoms with Crippen LogP contribution in [-0.2, 0) is 38.7 Å². The van der Waals surface area contributed by atoms with E-state index >= 15 is 0 Å². The fraction of sp³-hybridized carbons (Fsp3) is 0.891. The second kappa shape index (κ2) is 45.0. The van der Waals surface area contributed by atoms with Gasteiger partial charge in [-0.15, -0.1) is 0 Å². The first-order valence-electron chi connectivity index (χ1n) is 27.9. The van der Waals surface area contributed by atoms with E-state index in [1.807, 2.05) is 0 Å². The number of allylic oxidation sites excluding steroid dienone is 4. The van der Waals surface area contributed by atoms with Crippen LogP contribution in [0.4, 0.5) is 0 Å². The van der Waals surface area contributed by atoms with E-state index in [-0.39, 0.29) is 19.4 Å². The van der Waals surface area contributed by atoms with Crippen molar-refractivity contribution < 1.29 is 56.8 Å². The number of aliphatic hydroxyl groups is 3. The SMILES string of the molecule is CCCCCC/C=C/CCCCCCCCCCCC(=O)O[C@H](COC(=O)CCC/C=C/CCCCCCCCCCCCCCCCCCCC)CO[C@H]1O[C@H](CS(=O)(=O)O)[C@@H](O)C(O)C1O. The van der Waals surface area contributed by atoms with E-state index in [0.717, 1.165) is 38.5 Å². The van der Waals surface area contributed by atoms with E-state index < -0.39 is 71.2 Å². The Bertz CT molecular complexity index is 1340. The molecular formula is C55H102O12S. The lowest BCUT2D eigenvalue weighted by atomic mass is 10.00. The molecule has 2 unspecified atom stereocenters. The Morgan fingerprint density at radius 3 is 1.28 bits per heavy atom. The summed E-state index contributed by atoms with van der Waals surface area (Å²) in [6, 6.07) is 0. The van der Waals surface area contributed by atoms with Crippen LogP contribution in [0.15, 0.2) is 24.3 Å². The third-order valence-electron chi connectivity index (χ3n) is 13.0. The fourth-order valence-electron chi connectivity index (χ4n) is 8.68. The Morgan fingerprint density at radius 1 is 0.485 bits per heavy atom. The minimum atomic E-state index is -4.61. The lowest BCUT2D eigenvalue weighted by Gasteiger charge is -2.40. The van der Waals surface area contributed by atoms with Crippen molar-refractivity contribution in [2.45, 2.75) is 295 Å². The fourth-order valence-corrected chi connectivity index (χ4v) is 9.37. The number of hydrogen-bond acceptors (Lipinski definition) is 11. The Balaban J connectivity index is 2.32. The first-order valence-corrected chi connectivity index (χ1v) is 29.5. The lowest BCUT2D eigenvalue weighted by Crippen LogP contribution is -2.60. The van der Waals surface area contributed by atoms with Crippen molar-refractivity contribution in [2.24, 2.45) is 0 Å². The molecule has 0 aliphatic carbocycles. The van der Waals surface area contributed by atoms with Gasteiger partial charge in [0, 0.05) is 12.8 Å². The molecule has 6 atom stereocenters. The van der Waals surface area contributed by atoms with E-state index in [2.05, 4.69) is 38.2 Å². The first kappa shape index (κ1) is 64.1. The van der Waals surface area contributed by atoms with Gasteiger partial charge >= 0.3 is 11.9 Å². The van der Waals surface area contributed by atoms with Crippen LogP contribution in [0.5, 0.6) is 0 Å². The molecule has 0 aromatic heterocycles. The van der Waals surface area contributed by atoms with Gasteiger partial charge in [0.1, 0.15) is 36.8 Å². The van der Waals surface area contributed by atoms with Gasteiger partial charge in [-0.3, -0.25) is 14.1 Å². The number of aliphatic hydroxyl groups excluding tert-OH is 3. The van der Waals surface area contributed by atoms with Gasteiger partial charge in [-0.2, -0.15) is 8.42 Å². The van der Waals surface area contributed by atoms with Crippen LogP contribution in [0.25, 0.3) is 0 Å². The molecule has 0 aromatic rings. The Hall–Kier alpha value is -1.87. The molecular weight excluding hydrogens is 885 g/mol. The van der Waals surface area contributed by atoms with Gasteiger partial charge in [0.05, 0.1) is 6.61 Å². The van der Waals surface area contributed by atoms with Crippen molar-refractivity contribution in [3.63, 3.8) is 0 Å². The molecule has 0 radical (unpaired) electrons. The number of unbranched alkanes of at least 4 members (excludes halogenated alkanes) is 32. The third-order valence-corrected chi connectivity index (χ3v) is 13.8. The molecule has 0 saturated carbocycles. The summed E-state index contributed by atoms with van der Waals surface area (Å²) in [6.07, 6.45) is 43.7. The molecule has 1 saturated heterocycles. The summed E-state index contributed by atoms with van der Waals surface area (Å²) in [5, 5.41) is 31.0. The molecule has 0 aromatic carbocycles. The zero-order valence-electron chi connectivity index (χ0n) is 43.2. The van der Waals surface area contributed by atoms with Gasteiger partial charge in [-0.25, -0.2) is 0 Å². The van der Waals surface area contributed by atoms with E-state index in [4.69, 9.17) is 18.9 Å². The van der Waals surface area contributed by atoms with Gasteiger partial charge in [0.2, 0.25) is 0 Å². The molecule has 1 fully saturated rings. The highest BCUT2D eigenvalue weighted by atomic mass is 32.2. The van der Waals surface area contributed by atoms with Crippen LogP contribution < -0.4 is 0 Å². The van der Waals surface area contributed by atoms with Crippen molar-refractivity contribution in [3.05, 3.63) is 24.3 Å². The molecule has 1 aliphatic heterocycles. The summed E-state index contributed by atoms with van der Waals surface area (Å²) in [4.78, 5) is 25.6. The summed E-state index contributed by atoms with van der Waals surface area (Å²) in [7, 11) is -4.61. The molecule has 1 rings (SSSR count). The smallest absolute Gasteiger partial charge is 0.306 e. The molecule has 68 heavy (non-hydrogen) atoms. The maximum Gasteiger partial charge on any atom is 0.306 e. The molecule has 1 aliphatic rings. The first-order chi connectivity index (χ1) is 33.0. The zero-order chi connectivity index (χ0) is 49.8. The number of carbonyl (C=O) groups excluding carboxylic acids is 2. The van der Waals surface area contributed by atoms with Crippen molar-refractivity contribution in [1.82, 2.24) is 0 Å². The third kappa shape index (κ3) is 38.8. The number of rotatable bonds is 48. The highest BCUT2D eigenvalue weighted by molar-refractivity contribution is 7.85. The minimum absolute atomic E-state index is 0.159. The van der Waals surface area contributed by atoms with Gasteiger partial charge in [-0.05, 0) is 57.8 Å². The van der Waals surface area contributed by atoms with Gasteiger partial charge in [-0.1, -0.05) is 212 Å². The Morgan fingerprint density at radius 2 is 0.853 bits per heavy atom. The molecule has 0 bridgehead atoms. The quantitative estimate of drug-likeness (QED) is 0.0196. The topological polar surface area (TPSA) is 186 Å². The normalized spacial score (nSPS) is 19.3. The van der Waals surface area contributed by atoms with Crippen LogP contribution in [0, 0.1) is 0 Å². The summed E-state index contributed by atoms with van der Waals surface area (Å²) >= 11 is 0. The van der Waals surface area contributed by atoms with Gasteiger partial charge < -0.3 is 34.3 Å². The number of hydrogen-bond donors (Lipinski definition) is 4. The van der Waals surface area contributed by atoms with Crippen LogP contribution in [0.1, 0.15) is 258 Å². The average molecular weight is 987 g/mol. The minimum Gasteiger partial charge on any atom is -0.462 e. The monoisotopic (exact) mass is 987 g/mol. The lowest BCUT2D eigenvalue weighted by molar-refractivity contribution is -0.297. The molecule has 12 nitrogen and oxygen atoms in total. The largest absolute Gasteiger partial charge is 0.462 e. The summed E-state index contributed by atoms with van der Waals surface area (Å²) in [5.74, 6) is -2.01. The van der Waals surface area contributed by atoms with Crippen LogP contribution in [-0.4, -0.2) is 96.0 Å². The van der Waals surface area contributed by atoms with E-state index in [1.165, 1.54) is 180 Å². The van der Waals surface area contributed by atoms with Crippen molar-refractivity contribution >= 4 is 22.1 Å². The maximum atomic E-state index is 12.9. The van der Waals surface area contributed by atoms with Crippen LogP contribution in [0.3, 0.4) is 0 Å². The predicted molar refractivity (Wildman–Crippen MR) is 275 cm³/mol. The Labute approximate surface area is 415 Å². The molecule has 1 heterocycles. The number of esters is 2. The Kier molecular flexibility index (Phi) is 42.5. The van der Waals surface area contributed by atoms with Crippen LogP contribution >= 0.6 is 0 Å². The van der Waals surface area contributed by atoms with Crippen LogP contribution in [0.2, 0.25) is 0 Å². The van der Waals surface area contributed by atoms with Gasteiger partial charge in [0.15, 0.2) is 12.4 Å². The number of ether oxygens (including phenoxy) is 4. The van der Waals surface area contributed by atoms with Crippen molar-refractivity contribution in [1.29, 1.82) is 0 Å². The zero-order valence-corrected chi connectivity index (χ0v) is 44.0. The summed E-state index contributed by atoms with van der Waals surface area (Å²) in [5.41, 5.74) is 0. The molecule has 0 amide bonds. The van der Waals surface area contributed by atoms with E-state index in [9.17, 15) is 37.9 Å². The molecule has 0 spiro atoms. The van der Waals surface area contributed by atoms with Crippen molar-refractivity contribution in [2.75, 3.05) is 19.0 Å². The summed E-state index contributed by atoms with van der Waals surface area (Å²) in [6.45, 7) is 3.77. The number of carbonyl (C=O) groups is 2. The second-order valence-corrected chi connectivity index (χ2v) is 21.1. The maximum absolute atomic E-state index is 12.9. The standard InChI is InChI=1S/C55H102O12S/c1-3-5-7-9-11-13-15-17-19-21-22-23-24-25-26-28-29-31-33-35-37-39-41-43-50(56)64-45-48(46-65-55-54(60)53(59)52(58)49(67-55)47-68(61,62)63)66-51(57)44-42-40-38-36-34-32-30-27-20-18-16-14-12-10-8-6-4-2/h14,16,35,37,48-49,52-55,58-60H,3-13,15,17-34,36,38-47H2,1-2H3,(H,61,62,63)/b16-14+,37-35+/t48-,49-,52-,53?,54?,55+/m1/s1. The van der Waals surface area contributed by atoms with E-state index in [1.54, 1.807) is 0 Å². The van der Waals surface area contributed by atoms with Gasteiger partial charge in [0.25, 0.3) is 10.1 Å². The second-order valence-electron chi connectivity index (χ2n) is 19.6. The highest BCUT2D eigenvalue weighted by Crippen LogP contribution is 2.24. The molecule has 400 valence electrons. The molecule has 13 heteroatoms. The predicted octanol–water partition coefficient (Wildman–Crippen LogP) is 13.1. The molecule has 4 N–H and O–H groups in total. The van der Waals surface area contributed by atoms with E-state index in [0.29, 0.717) is 12.8 Å². The summed E-state index contributed by atoms with van der Waals surface area (Å²) < 4.78 is 54.3. The van der Waals surface area contributed by atoms with Crippen molar-refractivity contribution in [3.8, 4) is 0 Å². The average Bonchev–Trinajstić information content (AvgIpc) is 3.31.